The molecule has 1 saturated heterocycles. The maximum Gasteiger partial charge on any atom is 0.223 e. The quantitative estimate of drug-likeness (QED) is 0.271. The van der Waals surface area contributed by atoms with Gasteiger partial charge in [-0.05, 0) is 43.9 Å². The molecule has 0 saturated carbocycles. The highest BCUT2D eigenvalue weighted by Gasteiger charge is 2.28. The summed E-state index contributed by atoms with van der Waals surface area (Å²) in [6.07, 6.45) is 5.39. The lowest BCUT2D eigenvalue weighted by atomic mass is 10.1. The van der Waals surface area contributed by atoms with Gasteiger partial charge in [-0.15, -0.1) is 0 Å². The van der Waals surface area contributed by atoms with E-state index < -0.39 is 0 Å². The van der Waals surface area contributed by atoms with Crippen LogP contribution in [-0.4, -0.2) is 61.0 Å². The Morgan fingerprint density at radius 2 is 1.91 bits per heavy atom. The summed E-state index contributed by atoms with van der Waals surface area (Å²) >= 11 is 0. The van der Waals surface area contributed by atoms with Gasteiger partial charge in [0.2, 0.25) is 5.91 Å². The number of nitrogens with zero attached hydrogens (tertiary/aromatic N) is 3. The third-order valence-corrected chi connectivity index (χ3v) is 5.53. The summed E-state index contributed by atoms with van der Waals surface area (Å²) in [5.41, 5.74) is 1.27. The summed E-state index contributed by atoms with van der Waals surface area (Å²) in [7, 11) is 0. The molecule has 7 nitrogen and oxygen atoms in total. The summed E-state index contributed by atoms with van der Waals surface area (Å²) in [5.74, 6) is 2.29. The van der Waals surface area contributed by atoms with Crippen molar-refractivity contribution in [2.75, 3.05) is 44.6 Å². The number of nitrogens with one attached hydrogen (secondary N) is 3. The van der Waals surface area contributed by atoms with E-state index in [1.165, 1.54) is 5.56 Å². The van der Waals surface area contributed by atoms with Gasteiger partial charge in [-0.25, -0.2) is 4.98 Å². The van der Waals surface area contributed by atoms with E-state index in [-0.39, 0.29) is 11.8 Å². The first-order valence-corrected chi connectivity index (χ1v) is 11.7. The number of aromatic nitrogens is 1. The maximum absolute atomic E-state index is 12.4. The maximum atomic E-state index is 12.4. The third kappa shape index (κ3) is 8.21. The van der Waals surface area contributed by atoms with Crippen molar-refractivity contribution >= 4 is 17.7 Å². The fraction of sp³-hybridized carbons (Fsp3) is 0.480. The Labute approximate surface area is 191 Å². The molecule has 0 aliphatic carbocycles. The molecule has 2 heterocycles. The molecule has 1 amide bonds. The van der Waals surface area contributed by atoms with Gasteiger partial charge >= 0.3 is 0 Å². The van der Waals surface area contributed by atoms with Crippen molar-refractivity contribution in [1.82, 2.24) is 20.5 Å². The van der Waals surface area contributed by atoms with E-state index in [1.54, 1.807) is 6.20 Å². The number of amides is 1. The van der Waals surface area contributed by atoms with Gasteiger partial charge in [-0.1, -0.05) is 36.4 Å². The zero-order chi connectivity index (χ0) is 22.4. The second-order valence-corrected chi connectivity index (χ2v) is 8.14. The van der Waals surface area contributed by atoms with E-state index in [4.69, 9.17) is 4.99 Å². The Hall–Kier alpha value is -3.09. The van der Waals surface area contributed by atoms with Crippen LogP contribution in [0.3, 0.4) is 0 Å². The molecule has 32 heavy (non-hydrogen) atoms. The van der Waals surface area contributed by atoms with Gasteiger partial charge in [0.15, 0.2) is 5.96 Å². The second kappa shape index (κ2) is 13.3. The van der Waals surface area contributed by atoms with Gasteiger partial charge in [0.25, 0.3) is 0 Å². The minimum Gasteiger partial charge on any atom is -0.370 e. The monoisotopic (exact) mass is 436 g/mol. The van der Waals surface area contributed by atoms with E-state index in [0.717, 1.165) is 63.8 Å². The number of carbonyl (C=O) groups excluding carboxylic acids is 1. The molecule has 1 fully saturated rings. The van der Waals surface area contributed by atoms with Crippen LogP contribution >= 0.6 is 0 Å². The molecule has 1 atom stereocenters. The highest BCUT2D eigenvalue weighted by atomic mass is 16.2. The number of unbranched alkanes of at least 4 members (excludes halogenated alkanes) is 1. The van der Waals surface area contributed by atoms with E-state index in [2.05, 4.69) is 40.0 Å². The molecular weight excluding hydrogens is 400 g/mol. The molecule has 1 unspecified atom stereocenters. The van der Waals surface area contributed by atoms with Crippen molar-refractivity contribution in [3.63, 3.8) is 0 Å². The van der Waals surface area contributed by atoms with Gasteiger partial charge in [-0.2, -0.15) is 0 Å². The first-order chi connectivity index (χ1) is 15.7. The minimum atomic E-state index is 0.250. The Morgan fingerprint density at radius 3 is 2.69 bits per heavy atom. The van der Waals surface area contributed by atoms with Crippen molar-refractivity contribution in [3.05, 3.63) is 60.3 Å². The average molecular weight is 437 g/mol. The third-order valence-electron chi connectivity index (χ3n) is 5.53. The summed E-state index contributed by atoms with van der Waals surface area (Å²) in [6.45, 7) is 6.90. The SMILES string of the molecule is CCNC(=NCC1CC(=O)N(CCc2ccccc2)C1)NCCCCNc1ccccn1. The normalized spacial score (nSPS) is 16.3. The van der Waals surface area contributed by atoms with Crippen LogP contribution in [0.15, 0.2) is 59.7 Å². The van der Waals surface area contributed by atoms with Gasteiger partial charge in [0.1, 0.15) is 5.82 Å². The molecule has 1 aromatic carbocycles. The molecule has 3 N–H and O–H groups in total. The summed E-state index contributed by atoms with van der Waals surface area (Å²) in [4.78, 5) is 23.4. The topological polar surface area (TPSA) is 81.7 Å². The molecule has 0 spiro atoms. The van der Waals surface area contributed by atoms with Crippen LogP contribution in [0.2, 0.25) is 0 Å². The number of pyridine rings is 1. The first-order valence-electron chi connectivity index (χ1n) is 11.7. The number of rotatable bonds is 12. The number of likely N-dealkylation sites (tertiary alicyclic amines) is 1. The van der Waals surface area contributed by atoms with E-state index in [1.807, 2.05) is 41.3 Å². The van der Waals surface area contributed by atoms with Crippen LogP contribution in [0.25, 0.3) is 0 Å². The highest BCUT2D eigenvalue weighted by Crippen LogP contribution is 2.18. The number of hydrogen-bond acceptors (Lipinski definition) is 4. The Morgan fingerprint density at radius 1 is 1.09 bits per heavy atom. The Kier molecular flexibility index (Phi) is 9.83. The van der Waals surface area contributed by atoms with E-state index in [0.29, 0.717) is 13.0 Å². The number of anilines is 1. The van der Waals surface area contributed by atoms with Crippen molar-refractivity contribution in [2.45, 2.75) is 32.6 Å². The van der Waals surface area contributed by atoms with Gasteiger partial charge in [-0.3, -0.25) is 9.79 Å². The lowest BCUT2D eigenvalue weighted by molar-refractivity contribution is -0.127. The predicted molar refractivity (Wildman–Crippen MR) is 131 cm³/mol. The van der Waals surface area contributed by atoms with E-state index in [9.17, 15) is 4.79 Å². The van der Waals surface area contributed by atoms with Gasteiger partial charge < -0.3 is 20.9 Å². The molecular formula is C25H36N6O. The lowest BCUT2D eigenvalue weighted by Gasteiger charge is -2.16. The minimum absolute atomic E-state index is 0.250. The Balaban J connectivity index is 1.34. The second-order valence-electron chi connectivity index (χ2n) is 8.14. The van der Waals surface area contributed by atoms with Crippen molar-refractivity contribution in [3.8, 4) is 0 Å². The number of carbonyl (C=O) groups is 1. The van der Waals surface area contributed by atoms with Crippen LogP contribution in [-0.2, 0) is 11.2 Å². The fourth-order valence-electron chi connectivity index (χ4n) is 3.80. The molecule has 2 aromatic rings. The predicted octanol–water partition coefficient (Wildman–Crippen LogP) is 2.92. The first kappa shape index (κ1) is 23.6. The van der Waals surface area contributed by atoms with Crippen molar-refractivity contribution in [1.29, 1.82) is 0 Å². The standard InChI is InChI=1S/C25H36N6O/c1-2-26-25(29-16-9-8-15-28-23-12-6-7-14-27-23)30-19-22-18-24(32)31(20-22)17-13-21-10-4-3-5-11-21/h3-7,10-12,14,22H,2,8-9,13,15-20H2,1H3,(H,27,28)(H2,26,29,30). The summed E-state index contributed by atoms with van der Waals surface area (Å²) in [5, 5.41) is 10.0. The molecule has 1 aliphatic rings. The van der Waals surface area contributed by atoms with E-state index >= 15 is 0 Å². The average Bonchev–Trinajstić information content (AvgIpc) is 3.19. The van der Waals surface area contributed by atoms with Gasteiger partial charge in [0, 0.05) is 57.8 Å². The zero-order valence-electron chi connectivity index (χ0n) is 19.1. The molecule has 1 aliphatic heterocycles. The van der Waals surface area contributed by atoms with Crippen LogP contribution < -0.4 is 16.0 Å². The smallest absolute Gasteiger partial charge is 0.223 e. The lowest BCUT2D eigenvalue weighted by Crippen LogP contribution is -2.38. The zero-order valence-corrected chi connectivity index (χ0v) is 19.1. The molecule has 1 aromatic heterocycles. The van der Waals surface area contributed by atoms with Crippen LogP contribution in [0.1, 0.15) is 31.7 Å². The summed E-state index contributed by atoms with van der Waals surface area (Å²) in [6, 6.07) is 16.2. The molecule has 0 bridgehead atoms. The van der Waals surface area contributed by atoms with Crippen molar-refractivity contribution in [2.24, 2.45) is 10.9 Å². The Bertz CT molecular complexity index is 827. The fourth-order valence-corrected chi connectivity index (χ4v) is 3.80. The molecule has 3 rings (SSSR count). The highest BCUT2D eigenvalue weighted by molar-refractivity contribution is 5.80. The number of hydrogen-bond donors (Lipinski definition) is 3. The van der Waals surface area contributed by atoms with Crippen LogP contribution in [0, 0.1) is 5.92 Å². The number of benzene rings is 1. The number of aliphatic imine (C=N–C) groups is 1. The molecule has 172 valence electrons. The molecule has 7 heteroatoms. The largest absolute Gasteiger partial charge is 0.370 e. The van der Waals surface area contributed by atoms with Gasteiger partial charge in [0.05, 0.1) is 0 Å². The molecule has 0 radical (unpaired) electrons. The van der Waals surface area contributed by atoms with Crippen LogP contribution in [0.5, 0.6) is 0 Å². The van der Waals surface area contributed by atoms with Crippen molar-refractivity contribution < 1.29 is 4.79 Å². The summed E-state index contributed by atoms with van der Waals surface area (Å²) < 4.78 is 0. The van der Waals surface area contributed by atoms with Crippen LogP contribution in [0.4, 0.5) is 5.82 Å². The number of guanidine groups is 1.